The zero-order chi connectivity index (χ0) is 13.0. The van der Waals surface area contributed by atoms with E-state index in [-0.39, 0.29) is 0 Å². The molecule has 0 saturated carbocycles. The van der Waals surface area contributed by atoms with Gasteiger partial charge in [-0.1, -0.05) is 22.0 Å². The Morgan fingerprint density at radius 1 is 1.28 bits per heavy atom. The predicted molar refractivity (Wildman–Crippen MR) is 72.2 cm³/mol. The van der Waals surface area contributed by atoms with Gasteiger partial charge >= 0.3 is 11.8 Å². The zero-order valence-electron chi connectivity index (χ0n) is 9.78. The Kier molecular flexibility index (Phi) is 4.33. The Morgan fingerprint density at radius 3 is 2.67 bits per heavy atom. The fourth-order valence-electron chi connectivity index (χ4n) is 1.76. The molecule has 5 nitrogen and oxygen atoms in total. The lowest BCUT2D eigenvalue weighted by Gasteiger charge is -2.26. The molecule has 2 amide bonds. The first-order valence-corrected chi connectivity index (χ1v) is 6.52. The monoisotopic (exact) mass is 311 g/mol. The first-order chi connectivity index (χ1) is 8.66. The van der Waals surface area contributed by atoms with E-state index in [1.807, 2.05) is 6.07 Å². The molecule has 6 heteroatoms. The van der Waals surface area contributed by atoms with Crippen molar-refractivity contribution in [2.75, 3.05) is 31.5 Å². The number of amides is 2. The predicted octanol–water partition coefficient (Wildman–Crippen LogP) is 0.819. The van der Waals surface area contributed by atoms with E-state index in [1.54, 1.807) is 23.1 Å². The molecular weight excluding hydrogens is 298 g/mol. The van der Waals surface area contributed by atoms with Crippen LogP contribution >= 0.6 is 15.9 Å². The van der Waals surface area contributed by atoms with Crippen LogP contribution in [0.4, 0.5) is 5.69 Å². The molecule has 1 aliphatic rings. The fraction of sp³-hybridized carbons (Fsp3) is 0.333. The maximum absolute atomic E-state index is 11.9. The molecule has 0 bridgehead atoms. The molecule has 0 atom stereocenters. The second-order valence-corrected chi connectivity index (χ2v) is 4.92. The molecule has 1 aromatic carbocycles. The lowest BCUT2D eigenvalue weighted by atomic mass is 10.3. The molecule has 0 aromatic heterocycles. The van der Waals surface area contributed by atoms with Crippen molar-refractivity contribution in [1.82, 2.24) is 10.2 Å². The molecule has 2 rings (SSSR count). The van der Waals surface area contributed by atoms with Crippen molar-refractivity contribution < 1.29 is 9.59 Å². The maximum Gasteiger partial charge on any atom is 0.313 e. The second-order valence-electron chi connectivity index (χ2n) is 4.01. The first kappa shape index (κ1) is 13.0. The number of nitrogens with zero attached hydrogens (tertiary/aromatic N) is 1. The van der Waals surface area contributed by atoms with Gasteiger partial charge in [0.05, 0.1) is 0 Å². The van der Waals surface area contributed by atoms with Crippen LogP contribution in [0.1, 0.15) is 0 Å². The normalized spacial score (nSPS) is 15.3. The van der Waals surface area contributed by atoms with Crippen LogP contribution in [-0.4, -0.2) is 42.9 Å². The highest BCUT2D eigenvalue weighted by Gasteiger charge is 2.23. The number of halogens is 1. The molecule has 18 heavy (non-hydrogen) atoms. The minimum Gasteiger partial charge on any atom is -0.332 e. The smallest absolute Gasteiger partial charge is 0.313 e. The molecule has 1 saturated heterocycles. The SMILES string of the molecule is O=C(Nc1cccc(Br)c1)C(=O)N1CCNCC1. The van der Waals surface area contributed by atoms with Gasteiger partial charge < -0.3 is 15.5 Å². The topological polar surface area (TPSA) is 61.4 Å². The molecular formula is C12H14BrN3O2. The van der Waals surface area contributed by atoms with Crippen molar-refractivity contribution in [3.63, 3.8) is 0 Å². The lowest BCUT2D eigenvalue weighted by Crippen LogP contribution is -2.49. The van der Waals surface area contributed by atoms with Gasteiger partial charge in [0.15, 0.2) is 0 Å². The Hall–Kier alpha value is -1.40. The summed E-state index contributed by atoms with van der Waals surface area (Å²) >= 11 is 3.31. The highest BCUT2D eigenvalue weighted by atomic mass is 79.9. The number of hydrogen-bond acceptors (Lipinski definition) is 3. The average molecular weight is 312 g/mol. The van der Waals surface area contributed by atoms with Gasteiger partial charge in [-0.15, -0.1) is 0 Å². The van der Waals surface area contributed by atoms with Gasteiger partial charge in [-0.2, -0.15) is 0 Å². The third kappa shape index (κ3) is 3.30. The molecule has 96 valence electrons. The van der Waals surface area contributed by atoms with Crippen LogP contribution in [0, 0.1) is 0 Å². The van der Waals surface area contributed by atoms with Gasteiger partial charge in [0.1, 0.15) is 0 Å². The van der Waals surface area contributed by atoms with Crippen molar-refractivity contribution in [2.45, 2.75) is 0 Å². The second kappa shape index (κ2) is 5.97. The number of benzene rings is 1. The molecule has 0 radical (unpaired) electrons. The summed E-state index contributed by atoms with van der Waals surface area (Å²) < 4.78 is 0.856. The minimum absolute atomic E-state index is 0.475. The summed E-state index contributed by atoms with van der Waals surface area (Å²) in [5.41, 5.74) is 0.609. The van der Waals surface area contributed by atoms with E-state index in [0.29, 0.717) is 18.8 Å². The van der Waals surface area contributed by atoms with Crippen LogP contribution in [-0.2, 0) is 9.59 Å². The Bertz CT molecular complexity index is 458. The Labute approximate surface area is 114 Å². The van der Waals surface area contributed by atoms with E-state index >= 15 is 0 Å². The highest BCUT2D eigenvalue weighted by Crippen LogP contribution is 2.15. The van der Waals surface area contributed by atoms with Gasteiger partial charge in [0.25, 0.3) is 0 Å². The first-order valence-electron chi connectivity index (χ1n) is 5.73. The number of carbonyl (C=O) groups excluding carboxylic acids is 2. The van der Waals surface area contributed by atoms with Crippen molar-refractivity contribution in [3.8, 4) is 0 Å². The van der Waals surface area contributed by atoms with Crippen LogP contribution in [0.25, 0.3) is 0 Å². The summed E-state index contributed by atoms with van der Waals surface area (Å²) in [5.74, 6) is -1.06. The standard InChI is InChI=1S/C12H14BrN3O2/c13-9-2-1-3-10(8-9)15-11(17)12(18)16-6-4-14-5-7-16/h1-3,8,14H,4-7H2,(H,15,17). The van der Waals surface area contributed by atoms with Gasteiger partial charge in [-0.25, -0.2) is 0 Å². The van der Waals surface area contributed by atoms with Gasteiger partial charge in [0, 0.05) is 36.3 Å². The molecule has 2 N–H and O–H groups in total. The van der Waals surface area contributed by atoms with Crippen LogP contribution in [0.15, 0.2) is 28.7 Å². The lowest BCUT2D eigenvalue weighted by molar-refractivity contribution is -0.143. The molecule has 1 aliphatic heterocycles. The van der Waals surface area contributed by atoms with Crippen molar-refractivity contribution in [3.05, 3.63) is 28.7 Å². The molecule has 1 aromatic rings. The maximum atomic E-state index is 11.9. The summed E-state index contributed by atoms with van der Waals surface area (Å²) in [7, 11) is 0. The van der Waals surface area contributed by atoms with Crippen molar-refractivity contribution in [2.24, 2.45) is 0 Å². The fourth-order valence-corrected chi connectivity index (χ4v) is 2.16. The van der Waals surface area contributed by atoms with Gasteiger partial charge in [-0.3, -0.25) is 9.59 Å². The van der Waals surface area contributed by atoms with Crippen molar-refractivity contribution in [1.29, 1.82) is 0 Å². The zero-order valence-corrected chi connectivity index (χ0v) is 11.4. The van der Waals surface area contributed by atoms with Crippen LogP contribution < -0.4 is 10.6 Å². The molecule has 0 aliphatic carbocycles. The van der Waals surface area contributed by atoms with Gasteiger partial charge in [-0.05, 0) is 18.2 Å². The molecule has 1 fully saturated rings. The van der Waals surface area contributed by atoms with Crippen LogP contribution in [0.2, 0.25) is 0 Å². The number of piperazine rings is 1. The number of anilines is 1. The number of rotatable bonds is 1. The Balaban J connectivity index is 1.96. The van der Waals surface area contributed by atoms with Gasteiger partial charge in [0.2, 0.25) is 0 Å². The number of carbonyl (C=O) groups is 2. The van der Waals surface area contributed by atoms with E-state index in [1.165, 1.54) is 0 Å². The third-order valence-corrected chi connectivity index (χ3v) is 3.17. The number of nitrogens with one attached hydrogen (secondary N) is 2. The van der Waals surface area contributed by atoms with E-state index in [2.05, 4.69) is 26.6 Å². The van der Waals surface area contributed by atoms with E-state index in [4.69, 9.17) is 0 Å². The van der Waals surface area contributed by atoms with Crippen molar-refractivity contribution >= 4 is 33.4 Å². The Morgan fingerprint density at radius 2 is 2.00 bits per heavy atom. The average Bonchev–Trinajstić information content (AvgIpc) is 2.39. The molecule has 0 unspecified atom stereocenters. The van der Waals surface area contributed by atoms with E-state index in [0.717, 1.165) is 17.6 Å². The van der Waals surface area contributed by atoms with Crippen LogP contribution in [0.5, 0.6) is 0 Å². The number of hydrogen-bond donors (Lipinski definition) is 2. The minimum atomic E-state index is -0.588. The van der Waals surface area contributed by atoms with E-state index < -0.39 is 11.8 Å². The summed E-state index contributed by atoms with van der Waals surface area (Å²) in [4.78, 5) is 25.2. The molecule has 1 heterocycles. The van der Waals surface area contributed by atoms with Crippen LogP contribution in [0.3, 0.4) is 0 Å². The summed E-state index contributed by atoms with van der Waals surface area (Å²) in [5, 5.41) is 5.73. The largest absolute Gasteiger partial charge is 0.332 e. The summed E-state index contributed by atoms with van der Waals surface area (Å²) in [6.45, 7) is 2.61. The van der Waals surface area contributed by atoms with E-state index in [9.17, 15) is 9.59 Å². The summed E-state index contributed by atoms with van der Waals surface area (Å²) in [6, 6.07) is 7.15. The summed E-state index contributed by atoms with van der Waals surface area (Å²) in [6.07, 6.45) is 0. The quantitative estimate of drug-likeness (QED) is 0.755. The molecule has 0 spiro atoms. The highest BCUT2D eigenvalue weighted by molar-refractivity contribution is 9.10. The third-order valence-electron chi connectivity index (χ3n) is 2.68.